The summed E-state index contributed by atoms with van der Waals surface area (Å²) in [5, 5.41) is 10.5. The lowest BCUT2D eigenvalue weighted by atomic mass is 10.1. The molecule has 24 heavy (non-hydrogen) atoms. The summed E-state index contributed by atoms with van der Waals surface area (Å²) in [5.74, 6) is 0. The van der Waals surface area contributed by atoms with Gasteiger partial charge in [0.2, 0.25) is 0 Å². The first kappa shape index (κ1) is 16.7. The van der Waals surface area contributed by atoms with Gasteiger partial charge < -0.3 is 9.67 Å². The Morgan fingerprint density at radius 3 is 2.58 bits per heavy atom. The van der Waals surface area contributed by atoms with E-state index in [1.54, 1.807) is 0 Å². The van der Waals surface area contributed by atoms with Crippen molar-refractivity contribution in [2.75, 3.05) is 13.6 Å². The second-order valence-electron chi connectivity index (χ2n) is 6.66. The van der Waals surface area contributed by atoms with Crippen molar-refractivity contribution < 1.29 is 5.11 Å². The Morgan fingerprint density at radius 1 is 1.12 bits per heavy atom. The summed E-state index contributed by atoms with van der Waals surface area (Å²) in [6, 6.07) is 14.6. The van der Waals surface area contributed by atoms with E-state index in [2.05, 4.69) is 48.0 Å². The summed E-state index contributed by atoms with van der Waals surface area (Å²) >= 11 is 0. The molecule has 0 spiro atoms. The highest BCUT2D eigenvalue weighted by Gasteiger charge is 2.12. The highest BCUT2D eigenvalue weighted by atomic mass is 16.3. The fourth-order valence-corrected chi connectivity index (χ4v) is 3.06. The maximum absolute atomic E-state index is 10.5. The van der Waals surface area contributed by atoms with Crippen LogP contribution in [0.3, 0.4) is 0 Å². The van der Waals surface area contributed by atoms with Crippen LogP contribution in [0.1, 0.15) is 16.7 Å². The first-order chi connectivity index (χ1) is 11.5. The van der Waals surface area contributed by atoms with E-state index < -0.39 is 6.10 Å². The molecule has 4 heteroatoms. The molecule has 0 aliphatic heterocycles. The largest absolute Gasteiger partial charge is 0.390 e. The summed E-state index contributed by atoms with van der Waals surface area (Å²) in [6.45, 7) is 6.22. The lowest BCUT2D eigenvalue weighted by Crippen LogP contribution is -2.31. The van der Waals surface area contributed by atoms with Gasteiger partial charge in [-0.1, -0.05) is 30.3 Å². The number of aliphatic hydroxyl groups excluding tert-OH is 1. The van der Waals surface area contributed by atoms with Gasteiger partial charge in [0.25, 0.3) is 0 Å². The number of aromatic nitrogens is 2. The third-order valence-corrected chi connectivity index (χ3v) is 4.46. The van der Waals surface area contributed by atoms with Crippen LogP contribution in [0.5, 0.6) is 0 Å². The van der Waals surface area contributed by atoms with E-state index in [9.17, 15) is 5.11 Å². The standard InChI is InChI=1S/C20H25N3O/c1-15-9-19-20(10-16(15)2)23(14-21-19)13-18(24)12-22(3)11-17-7-5-4-6-8-17/h4-10,14,18,24H,11-13H2,1-3H3/t18-/m0/s1. The van der Waals surface area contributed by atoms with Gasteiger partial charge in [0, 0.05) is 13.1 Å². The first-order valence-electron chi connectivity index (χ1n) is 8.35. The van der Waals surface area contributed by atoms with Crippen LogP contribution in [0.15, 0.2) is 48.8 Å². The molecule has 3 aromatic rings. The molecule has 4 nitrogen and oxygen atoms in total. The van der Waals surface area contributed by atoms with Gasteiger partial charge in [0.15, 0.2) is 0 Å². The third kappa shape index (κ3) is 3.83. The minimum atomic E-state index is -0.433. The highest BCUT2D eigenvalue weighted by Crippen LogP contribution is 2.18. The smallest absolute Gasteiger partial charge is 0.0959 e. The molecule has 3 rings (SSSR count). The first-order valence-corrected chi connectivity index (χ1v) is 8.35. The van der Waals surface area contributed by atoms with Gasteiger partial charge in [-0.25, -0.2) is 4.98 Å². The van der Waals surface area contributed by atoms with E-state index in [0.717, 1.165) is 17.6 Å². The Bertz CT molecular complexity index is 810. The van der Waals surface area contributed by atoms with Crippen molar-refractivity contribution in [3.63, 3.8) is 0 Å². The van der Waals surface area contributed by atoms with E-state index >= 15 is 0 Å². The minimum Gasteiger partial charge on any atom is -0.390 e. The van der Waals surface area contributed by atoms with Crippen LogP contribution in [0.25, 0.3) is 11.0 Å². The lowest BCUT2D eigenvalue weighted by molar-refractivity contribution is 0.108. The normalized spacial score (nSPS) is 12.9. The SMILES string of the molecule is Cc1cc2ncn(C[C@@H](O)CN(C)Cc3ccccc3)c2cc1C. The molecular weight excluding hydrogens is 298 g/mol. The van der Waals surface area contributed by atoms with Crippen molar-refractivity contribution in [3.8, 4) is 0 Å². The van der Waals surface area contributed by atoms with Gasteiger partial charge in [-0.2, -0.15) is 0 Å². The molecule has 0 amide bonds. The fraction of sp³-hybridized carbons (Fsp3) is 0.350. The summed E-state index contributed by atoms with van der Waals surface area (Å²) in [4.78, 5) is 6.61. The minimum absolute atomic E-state index is 0.433. The van der Waals surface area contributed by atoms with Gasteiger partial charge in [-0.15, -0.1) is 0 Å². The van der Waals surface area contributed by atoms with Gasteiger partial charge in [-0.05, 0) is 49.7 Å². The summed E-state index contributed by atoms with van der Waals surface area (Å²) in [7, 11) is 2.04. The number of hydrogen-bond donors (Lipinski definition) is 1. The van der Waals surface area contributed by atoms with Gasteiger partial charge in [0.1, 0.15) is 0 Å². The summed E-state index contributed by atoms with van der Waals surface area (Å²) in [5.41, 5.74) is 5.83. The molecule has 1 aromatic heterocycles. The number of nitrogens with zero attached hydrogens (tertiary/aromatic N) is 3. The van der Waals surface area contributed by atoms with E-state index in [4.69, 9.17) is 0 Å². The molecule has 0 saturated carbocycles. The average Bonchev–Trinajstić information content (AvgIpc) is 2.90. The van der Waals surface area contributed by atoms with Crippen molar-refractivity contribution in [2.24, 2.45) is 0 Å². The molecule has 1 atom stereocenters. The zero-order valence-corrected chi connectivity index (χ0v) is 14.6. The monoisotopic (exact) mass is 323 g/mol. The molecule has 0 radical (unpaired) electrons. The van der Waals surface area contributed by atoms with E-state index in [1.807, 2.05) is 36.1 Å². The van der Waals surface area contributed by atoms with Crippen LogP contribution in [-0.2, 0) is 13.1 Å². The Morgan fingerprint density at radius 2 is 1.83 bits per heavy atom. The molecule has 0 aliphatic rings. The number of fused-ring (bicyclic) bond motifs is 1. The maximum atomic E-state index is 10.5. The molecule has 0 aliphatic carbocycles. The molecule has 2 aromatic carbocycles. The van der Waals surface area contributed by atoms with Crippen LogP contribution in [0.4, 0.5) is 0 Å². The number of benzene rings is 2. The van der Waals surface area contributed by atoms with Crippen LogP contribution in [-0.4, -0.2) is 39.3 Å². The number of aliphatic hydroxyl groups is 1. The van der Waals surface area contributed by atoms with Gasteiger partial charge in [0.05, 0.1) is 30.0 Å². The van der Waals surface area contributed by atoms with E-state index in [-0.39, 0.29) is 0 Å². The zero-order chi connectivity index (χ0) is 17.1. The van der Waals surface area contributed by atoms with Crippen molar-refractivity contribution in [1.82, 2.24) is 14.5 Å². The van der Waals surface area contributed by atoms with E-state index in [0.29, 0.717) is 13.1 Å². The molecule has 1 heterocycles. The van der Waals surface area contributed by atoms with Crippen LogP contribution >= 0.6 is 0 Å². The number of rotatable bonds is 6. The fourth-order valence-electron chi connectivity index (χ4n) is 3.06. The second kappa shape index (κ2) is 7.16. The summed E-state index contributed by atoms with van der Waals surface area (Å²) < 4.78 is 2.04. The maximum Gasteiger partial charge on any atom is 0.0959 e. The molecule has 126 valence electrons. The number of aryl methyl sites for hydroxylation is 2. The molecule has 0 saturated heterocycles. The Kier molecular flexibility index (Phi) is 4.97. The second-order valence-corrected chi connectivity index (χ2v) is 6.66. The number of likely N-dealkylation sites (N-methyl/N-ethyl adjacent to an activating group) is 1. The zero-order valence-electron chi connectivity index (χ0n) is 14.6. The molecule has 0 unspecified atom stereocenters. The van der Waals surface area contributed by atoms with Crippen molar-refractivity contribution in [3.05, 3.63) is 65.5 Å². The topological polar surface area (TPSA) is 41.3 Å². The van der Waals surface area contributed by atoms with E-state index in [1.165, 1.54) is 16.7 Å². The van der Waals surface area contributed by atoms with Crippen LogP contribution < -0.4 is 0 Å². The predicted molar refractivity (Wildman–Crippen MR) is 98.0 cm³/mol. The Labute approximate surface area is 143 Å². The highest BCUT2D eigenvalue weighted by molar-refractivity contribution is 5.77. The van der Waals surface area contributed by atoms with Crippen molar-refractivity contribution >= 4 is 11.0 Å². The van der Waals surface area contributed by atoms with Crippen LogP contribution in [0, 0.1) is 13.8 Å². The Balaban J connectivity index is 1.64. The van der Waals surface area contributed by atoms with Gasteiger partial charge >= 0.3 is 0 Å². The van der Waals surface area contributed by atoms with Crippen LogP contribution in [0.2, 0.25) is 0 Å². The predicted octanol–water partition coefficient (Wildman–Crippen LogP) is 3.15. The summed E-state index contributed by atoms with van der Waals surface area (Å²) in [6.07, 6.45) is 1.39. The number of imidazole rings is 1. The molecule has 1 N–H and O–H groups in total. The molecule has 0 fully saturated rings. The number of hydrogen-bond acceptors (Lipinski definition) is 3. The Hall–Kier alpha value is -2.17. The third-order valence-electron chi connectivity index (χ3n) is 4.46. The van der Waals surface area contributed by atoms with Gasteiger partial charge in [-0.3, -0.25) is 4.90 Å². The molecule has 0 bridgehead atoms. The van der Waals surface area contributed by atoms with Crippen molar-refractivity contribution in [2.45, 2.75) is 33.0 Å². The quantitative estimate of drug-likeness (QED) is 0.758. The van der Waals surface area contributed by atoms with Crippen molar-refractivity contribution in [1.29, 1.82) is 0 Å². The molecular formula is C20H25N3O. The average molecular weight is 323 g/mol. The lowest BCUT2D eigenvalue weighted by Gasteiger charge is -2.21.